The highest BCUT2D eigenvalue weighted by Gasteiger charge is 2.15. The molecule has 1 aromatic heterocycles. The zero-order valence-corrected chi connectivity index (χ0v) is 11.8. The number of rotatable bonds is 6. The molecule has 19 heavy (non-hydrogen) atoms. The molecule has 0 atom stereocenters. The maximum absolute atomic E-state index is 12.3. The molecule has 0 aliphatic rings. The number of hydrogen-bond donors (Lipinski definition) is 1. The first-order chi connectivity index (χ1) is 9.08. The van der Waals surface area contributed by atoms with Gasteiger partial charge in [0.15, 0.2) is 0 Å². The Balaban J connectivity index is 2.88. The van der Waals surface area contributed by atoms with Crippen molar-refractivity contribution in [3.63, 3.8) is 0 Å². The van der Waals surface area contributed by atoms with Gasteiger partial charge in [-0.2, -0.15) is 0 Å². The van der Waals surface area contributed by atoms with E-state index in [1.54, 1.807) is 11.0 Å². The molecular formula is C15H21N3O. The Labute approximate surface area is 115 Å². The molecule has 1 amide bonds. The van der Waals surface area contributed by atoms with E-state index >= 15 is 0 Å². The van der Waals surface area contributed by atoms with E-state index in [1.165, 1.54) is 0 Å². The molecule has 1 N–H and O–H groups in total. The van der Waals surface area contributed by atoms with Gasteiger partial charge in [0.2, 0.25) is 0 Å². The number of pyridine rings is 1. The largest absolute Gasteiger partial charge is 0.368 e. The van der Waals surface area contributed by atoms with E-state index < -0.39 is 0 Å². The van der Waals surface area contributed by atoms with Gasteiger partial charge in [-0.15, -0.1) is 6.42 Å². The van der Waals surface area contributed by atoms with Crippen molar-refractivity contribution in [2.75, 3.05) is 18.4 Å². The van der Waals surface area contributed by atoms with Crippen molar-refractivity contribution in [2.24, 2.45) is 0 Å². The summed E-state index contributed by atoms with van der Waals surface area (Å²) in [6.07, 6.45) is 6.17. The summed E-state index contributed by atoms with van der Waals surface area (Å²) in [6, 6.07) is 5.66. The van der Waals surface area contributed by atoms with Gasteiger partial charge in [0.05, 0.1) is 6.54 Å². The summed E-state index contributed by atoms with van der Waals surface area (Å²) in [7, 11) is 0. The molecule has 0 fully saturated rings. The second kappa shape index (κ2) is 7.42. The lowest BCUT2D eigenvalue weighted by atomic mass is 10.2. The van der Waals surface area contributed by atoms with Gasteiger partial charge in [0, 0.05) is 12.6 Å². The molecule has 0 radical (unpaired) electrons. The molecule has 1 rings (SSSR count). The fourth-order valence-corrected chi connectivity index (χ4v) is 1.72. The van der Waals surface area contributed by atoms with Crippen LogP contribution < -0.4 is 5.32 Å². The molecule has 0 spiro atoms. The first-order valence-electron chi connectivity index (χ1n) is 6.54. The minimum absolute atomic E-state index is 0.118. The van der Waals surface area contributed by atoms with Crippen molar-refractivity contribution in [3.05, 3.63) is 23.9 Å². The van der Waals surface area contributed by atoms with Crippen LogP contribution in [0.4, 0.5) is 5.82 Å². The molecule has 0 unspecified atom stereocenters. The lowest BCUT2D eigenvalue weighted by molar-refractivity contribution is 0.0771. The van der Waals surface area contributed by atoms with Gasteiger partial charge in [-0.3, -0.25) is 4.79 Å². The molecule has 0 saturated carbocycles. The maximum atomic E-state index is 12.3. The summed E-state index contributed by atoms with van der Waals surface area (Å²) in [5.41, 5.74) is 0.425. The van der Waals surface area contributed by atoms with Crippen molar-refractivity contribution >= 4 is 11.7 Å². The molecular weight excluding hydrogens is 238 g/mol. The SMILES string of the molecule is C#CCN(CCC)C(=O)c1cccc(NC(C)C)n1. The van der Waals surface area contributed by atoms with Crippen molar-refractivity contribution in [1.82, 2.24) is 9.88 Å². The van der Waals surface area contributed by atoms with Crippen LogP contribution in [0.3, 0.4) is 0 Å². The third kappa shape index (κ3) is 4.63. The van der Waals surface area contributed by atoms with Gasteiger partial charge in [0.1, 0.15) is 11.5 Å². The van der Waals surface area contributed by atoms with Crippen LogP contribution in [0.1, 0.15) is 37.7 Å². The molecule has 0 aliphatic heterocycles. The topological polar surface area (TPSA) is 45.2 Å². The Bertz CT molecular complexity index is 463. The van der Waals surface area contributed by atoms with Gasteiger partial charge in [-0.1, -0.05) is 18.9 Å². The average molecular weight is 259 g/mol. The predicted octanol–water partition coefficient (Wildman–Crippen LogP) is 2.39. The minimum atomic E-state index is -0.118. The summed E-state index contributed by atoms with van der Waals surface area (Å²) >= 11 is 0. The number of hydrogen-bond acceptors (Lipinski definition) is 3. The zero-order valence-electron chi connectivity index (χ0n) is 11.8. The van der Waals surface area contributed by atoms with E-state index in [2.05, 4.69) is 16.2 Å². The van der Waals surface area contributed by atoms with Gasteiger partial charge in [-0.05, 0) is 32.4 Å². The van der Waals surface area contributed by atoms with Gasteiger partial charge in [-0.25, -0.2) is 4.98 Å². The summed E-state index contributed by atoms with van der Waals surface area (Å²) in [5.74, 6) is 3.10. The molecule has 0 saturated heterocycles. The third-order valence-electron chi connectivity index (χ3n) is 2.47. The molecule has 1 aromatic rings. The Morgan fingerprint density at radius 3 is 2.84 bits per heavy atom. The first kappa shape index (κ1) is 15.0. The summed E-state index contributed by atoms with van der Waals surface area (Å²) in [5, 5.41) is 3.18. The number of terminal acetylenes is 1. The number of carbonyl (C=O) groups is 1. The maximum Gasteiger partial charge on any atom is 0.273 e. The monoisotopic (exact) mass is 259 g/mol. The molecule has 0 bridgehead atoms. The van der Waals surface area contributed by atoms with Crippen molar-refractivity contribution in [3.8, 4) is 12.3 Å². The number of amides is 1. The van der Waals surface area contributed by atoms with Crippen LogP contribution in [0.25, 0.3) is 0 Å². The number of aromatic nitrogens is 1. The average Bonchev–Trinajstić information content (AvgIpc) is 2.37. The Morgan fingerprint density at radius 1 is 1.53 bits per heavy atom. The molecule has 0 aliphatic carbocycles. The van der Waals surface area contributed by atoms with Crippen molar-refractivity contribution in [1.29, 1.82) is 0 Å². The molecule has 102 valence electrons. The third-order valence-corrected chi connectivity index (χ3v) is 2.47. The summed E-state index contributed by atoms with van der Waals surface area (Å²) in [4.78, 5) is 18.3. The minimum Gasteiger partial charge on any atom is -0.368 e. The van der Waals surface area contributed by atoms with E-state index in [4.69, 9.17) is 6.42 Å². The van der Waals surface area contributed by atoms with Crippen LogP contribution >= 0.6 is 0 Å². The fraction of sp³-hybridized carbons (Fsp3) is 0.467. The Morgan fingerprint density at radius 2 is 2.26 bits per heavy atom. The molecule has 0 aromatic carbocycles. The van der Waals surface area contributed by atoms with Crippen LogP contribution in [-0.2, 0) is 0 Å². The normalized spacial score (nSPS) is 10.1. The first-order valence-corrected chi connectivity index (χ1v) is 6.54. The van der Waals surface area contributed by atoms with Crippen LogP contribution in [-0.4, -0.2) is 34.9 Å². The van der Waals surface area contributed by atoms with Crippen LogP contribution in [0.15, 0.2) is 18.2 Å². The number of anilines is 1. The smallest absolute Gasteiger partial charge is 0.273 e. The standard InChI is InChI=1S/C15H21N3O/c1-5-10-18(11-6-2)15(19)13-8-7-9-14(17-13)16-12(3)4/h1,7-9,12H,6,10-11H2,2-4H3,(H,16,17). The number of carbonyl (C=O) groups excluding carboxylic acids is 1. The van der Waals surface area contributed by atoms with Crippen molar-refractivity contribution < 1.29 is 4.79 Å². The van der Waals surface area contributed by atoms with E-state index in [0.717, 1.165) is 6.42 Å². The number of nitrogens with zero attached hydrogens (tertiary/aromatic N) is 2. The summed E-state index contributed by atoms with van der Waals surface area (Å²) < 4.78 is 0. The van der Waals surface area contributed by atoms with E-state index in [1.807, 2.05) is 32.9 Å². The van der Waals surface area contributed by atoms with Crippen LogP contribution in [0.2, 0.25) is 0 Å². The van der Waals surface area contributed by atoms with Crippen LogP contribution in [0.5, 0.6) is 0 Å². The second-order valence-corrected chi connectivity index (χ2v) is 4.64. The Kier molecular flexibility index (Phi) is 5.87. The van der Waals surface area contributed by atoms with E-state index in [0.29, 0.717) is 24.6 Å². The van der Waals surface area contributed by atoms with E-state index in [9.17, 15) is 4.79 Å². The Hall–Kier alpha value is -2.02. The molecule has 4 heteroatoms. The zero-order chi connectivity index (χ0) is 14.3. The van der Waals surface area contributed by atoms with E-state index in [-0.39, 0.29) is 11.9 Å². The van der Waals surface area contributed by atoms with Gasteiger partial charge in [0.25, 0.3) is 5.91 Å². The van der Waals surface area contributed by atoms with Gasteiger partial charge < -0.3 is 10.2 Å². The summed E-state index contributed by atoms with van der Waals surface area (Å²) in [6.45, 7) is 7.03. The highest BCUT2D eigenvalue weighted by Crippen LogP contribution is 2.09. The van der Waals surface area contributed by atoms with Gasteiger partial charge >= 0.3 is 0 Å². The number of nitrogens with one attached hydrogen (secondary N) is 1. The second-order valence-electron chi connectivity index (χ2n) is 4.64. The highest BCUT2D eigenvalue weighted by atomic mass is 16.2. The molecule has 4 nitrogen and oxygen atoms in total. The lowest BCUT2D eigenvalue weighted by Gasteiger charge is -2.19. The molecule has 1 heterocycles. The fourth-order valence-electron chi connectivity index (χ4n) is 1.72. The quantitative estimate of drug-likeness (QED) is 0.798. The van der Waals surface area contributed by atoms with Crippen molar-refractivity contribution in [2.45, 2.75) is 33.2 Å². The highest BCUT2D eigenvalue weighted by molar-refractivity contribution is 5.92. The van der Waals surface area contributed by atoms with Crippen LogP contribution in [0, 0.1) is 12.3 Å². The predicted molar refractivity (Wildman–Crippen MR) is 78.0 cm³/mol. The lowest BCUT2D eigenvalue weighted by Crippen LogP contribution is -2.32.